The Hall–Kier alpha value is -0.390. The number of hydrogen-bond donors (Lipinski definition) is 0. The van der Waals surface area contributed by atoms with E-state index in [9.17, 15) is 0 Å². The zero-order valence-corrected chi connectivity index (χ0v) is 12.3. The SMILES string of the molecule is Brc1cnn(C2CCN(CCN3CCCC3)C2)c1. The van der Waals surface area contributed by atoms with E-state index in [0.717, 1.165) is 11.0 Å². The summed E-state index contributed by atoms with van der Waals surface area (Å²) in [6.45, 7) is 7.46. The molecule has 5 heteroatoms. The normalized spacial score (nSPS) is 26.2. The van der Waals surface area contributed by atoms with E-state index in [1.54, 1.807) is 0 Å². The van der Waals surface area contributed by atoms with Gasteiger partial charge in [0, 0.05) is 32.4 Å². The summed E-state index contributed by atoms with van der Waals surface area (Å²) >= 11 is 3.47. The van der Waals surface area contributed by atoms with Crippen LogP contribution in [0.3, 0.4) is 0 Å². The van der Waals surface area contributed by atoms with Gasteiger partial charge in [0.15, 0.2) is 0 Å². The van der Waals surface area contributed by atoms with Crippen molar-refractivity contribution in [1.82, 2.24) is 19.6 Å². The highest BCUT2D eigenvalue weighted by Gasteiger charge is 2.24. The Balaban J connectivity index is 1.46. The van der Waals surface area contributed by atoms with Crippen LogP contribution in [0.25, 0.3) is 0 Å². The Kier molecular flexibility index (Phi) is 4.01. The van der Waals surface area contributed by atoms with Gasteiger partial charge in [-0.1, -0.05) is 0 Å². The molecule has 2 fully saturated rings. The molecule has 0 radical (unpaired) electrons. The lowest BCUT2D eigenvalue weighted by molar-refractivity contribution is 0.251. The minimum Gasteiger partial charge on any atom is -0.302 e. The maximum absolute atomic E-state index is 4.40. The largest absolute Gasteiger partial charge is 0.302 e. The minimum absolute atomic E-state index is 0.565. The van der Waals surface area contributed by atoms with Crippen molar-refractivity contribution in [3.05, 3.63) is 16.9 Å². The molecular formula is C13H21BrN4. The molecule has 0 N–H and O–H groups in total. The van der Waals surface area contributed by atoms with Gasteiger partial charge in [-0.3, -0.25) is 9.58 Å². The molecule has 1 unspecified atom stereocenters. The second kappa shape index (κ2) is 5.72. The van der Waals surface area contributed by atoms with E-state index >= 15 is 0 Å². The van der Waals surface area contributed by atoms with Gasteiger partial charge in [-0.15, -0.1) is 0 Å². The smallest absolute Gasteiger partial charge is 0.0658 e. The molecule has 0 aromatic carbocycles. The monoisotopic (exact) mass is 312 g/mol. The Bertz CT molecular complexity index is 386. The van der Waals surface area contributed by atoms with Gasteiger partial charge < -0.3 is 4.90 Å². The maximum atomic E-state index is 4.40. The summed E-state index contributed by atoms with van der Waals surface area (Å²) in [4.78, 5) is 5.18. The van der Waals surface area contributed by atoms with Crippen LogP contribution < -0.4 is 0 Å². The highest BCUT2D eigenvalue weighted by atomic mass is 79.9. The van der Waals surface area contributed by atoms with Crippen LogP contribution in [0.15, 0.2) is 16.9 Å². The molecule has 2 saturated heterocycles. The molecule has 2 aliphatic heterocycles. The second-order valence-electron chi connectivity index (χ2n) is 5.43. The summed E-state index contributed by atoms with van der Waals surface area (Å²) in [5, 5.41) is 4.40. The molecule has 4 nitrogen and oxygen atoms in total. The van der Waals surface area contributed by atoms with E-state index in [1.807, 2.05) is 6.20 Å². The third kappa shape index (κ3) is 2.95. The summed E-state index contributed by atoms with van der Waals surface area (Å²) in [6.07, 6.45) is 7.99. The highest BCUT2D eigenvalue weighted by Crippen LogP contribution is 2.22. The van der Waals surface area contributed by atoms with Crippen molar-refractivity contribution in [1.29, 1.82) is 0 Å². The number of halogens is 1. The van der Waals surface area contributed by atoms with E-state index < -0.39 is 0 Å². The van der Waals surface area contributed by atoms with Gasteiger partial charge in [0.05, 0.1) is 16.7 Å². The summed E-state index contributed by atoms with van der Waals surface area (Å²) in [5.41, 5.74) is 0. The Morgan fingerprint density at radius 1 is 1.17 bits per heavy atom. The molecule has 100 valence electrons. The van der Waals surface area contributed by atoms with Crippen molar-refractivity contribution < 1.29 is 0 Å². The lowest BCUT2D eigenvalue weighted by Crippen LogP contribution is -2.32. The molecular weight excluding hydrogens is 292 g/mol. The first-order chi connectivity index (χ1) is 8.81. The topological polar surface area (TPSA) is 24.3 Å². The molecule has 3 heterocycles. The first kappa shape index (κ1) is 12.6. The fraction of sp³-hybridized carbons (Fsp3) is 0.769. The molecule has 0 aliphatic carbocycles. The van der Waals surface area contributed by atoms with E-state index in [4.69, 9.17) is 0 Å². The number of hydrogen-bond acceptors (Lipinski definition) is 3. The van der Waals surface area contributed by atoms with Crippen LogP contribution in [0.4, 0.5) is 0 Å². The van der Waals surface area contributed by atoms with Crippen molar-refractivity contribution in [2.45, 2.75) is 25.3 Å². The molecule has 2 aliphatic rings. The van der Waals surface area contributed by atoms with Gasteiger partial charge in [-0.2, -0.15) is 5.10 Å². The lowest BCUT2D eigenvalue weighted by Gasteiger charge is -2.20. The molecule has 1 atom stereocenters. The minimum atomic E-state index is 0.565. The molecule has 1 aromatic rings. The quantitative estimate of drug-likeness (QED) is 0.850. The molecule has 0 saturated carbocycles. The fourth-order valence-electron chi connectivity index (χ4n) is 3.03. The zero-order valence-electron chi connectivity index (χ0n) is 10.8. The predicted octanol–water partition coefficient (Wildman–Crippen LogP) is 1.99. The van der Waals surface area contributed by atoms with Gasteiger partial charge in [0.25, 0.3) is 0 Å². The lowest BCUT2D eigenvalue weighted by atomic mass is 10.3. The summed E-state index contributed by atoms with van der Waals surface area (Å²) in [7, 11) is 0. The molecule has 1 aromatic heterocycles. The van der Waals surface area contributed by atoms with Gasteiger partial charge in [0.1, 0.15) is 0 Å². The number of nitrogens with zero attached hydrogens (tertiary/aromatic N) is 4. The number of likely N-dealkylation sites (tertiary alicyclic amines) is 2. The fourth-order valence-corrected chi connectivity index (χ4v) is 3.34. The van der Waals surface area contributed by atoms with Crippen LogP contribution in [-0.4, -0.2) is 58.8 Å². The van der Waals surface area contributed by atoms with Crippen LogP contribution in [0.2, 0.25) is 0 Å². The predicted molar refractivity (Wildman–Crippen MR) is 75.7 cm³/mol. The van der Waals surface area contributed by atoms with Gasteiger partial charge >= 0.3 is 0 Å². The summed E-state index contributed by atoms with van der Waals surface area (Å²) < 4.78 is 3.19. The summed E-state index contributed by atoms with van der Waals surface area (Å²) in [5.74, 6) is 0. The van der Waals surface area contributed by atoms with Gasteiger partial charge in [-0.25, -0.2) is 0 Å². The molecule has 0 bridgehead atoms. The van der Waals surface area contributed by atoms with E-state index in [2.05, 4.69) is 41.7 Å². The van der Waals surface area contributed by atoms with Crippen molar-refractivity contribution in [3.63, 3.8) is 0 Å². The average molecular weight is 313 g/mol. The number of aromatic nitrogens is 2. The van der Waals surface area contributed by atoms with E-state index in [-0.39, 0.29) is 0 Å². The molecule has 18 heavy (non-hydrogen) atoms. The maximum Gasteiger partial charge on any atom is 0.0658 e. The Labute approximate surface area is 117 Å². The van der Waals surface area contributed by atoms with E-state index in [0.29, 0.717) is 6.04 Å². The van der Waals surface area contributed by atoms with Crippen LogP contribution in [-0.2, 0) is 0 Å². The Morgan fingerprint density at radius 2 is 1.94 bits per heavy atom. The number of rotatable bonds is 4. The first-order valence-electron chi connectivity index (χ1n) is 6.95. The van der Waals surface area contributed by atoms with Gasteiger partial charge in [0.2, 0.25) is 0 Å². The van der Waals surface area contributed by atoms with Crippen LogP contribution in [0.1, 0.15) is 25.3 Å². The zero-order chi connectivity index (χ0) is 12.4. The molecule has 0 spiro atoms. The van der Waals surface area contributed by atoms with Crippen LogP contribution in [0.5, 0.6) is 0 Å². The standard InChI is InChI=1S/C13H21BrN4/c14-12-9-15-18(10-12)13-3-6-17(11-13)8-7-16-4-1-2-5-16/h9-10,13H,1-8,11H2. The third-order valence-electron chi connectivity index (χ3n) is 4.12. The summed E-state index contributed by atoms with van der Waals surface area (Å²) in [6, 6.07) is 0.565. The van der Waals surface area contributed by atoms with Crippen LogP contribution >= 0.6 is 15.9 Å². The van der Waals surface area contributed by atoms with Crippen molar-refractivity contribution >= 4 is 15.9 Å². The van der Waals surface area contributed by atoms with Gasteiger partial charge in [-0.05, 0) is 48.3 Å². The van der Waals surface area contributed by atoms with Crippen molar-refractivity contribution in [2.75, 3.05) is 39.3 Å². The average Bonchev–Trinajstić information content (AvgIpc) is 3.07. The van der Waals surface area contributed by atoms with Crippen molar-refractivity contribution in [2.24, 2.45) is 0 Å². The molecule has 3 rings (SSSR count). The molecule has 0 amide bonds. The second-order valence-corrected chi connectivity index (χ2v) is 6.35. The highest BCUT2D eigenvalue weighted by molar-refractivity contribution is 9.10. The third-order valence-corrected chi connectivity index (χ3v) is 4.53. The van der Waals surface area contributed by atoms with Crippen molar-refractivity contribution in [3.8, 4) is 0 Å². The van der Waals surface area contributed by atoms with Crippen LogP contribution in [0, 0.1) is 0 Å². The van der Waals surface area contributed by atoms with E-state index in [1.165, 1.54) is 52.0 Å². The Morgan fingerprint density at radius 3 is 2.67 bits per heavy atom. The first-order valence-corrected chi connectivity index (χ1v) is 7.75.